The number of ether oxygens (including phenoxy) is 1. The first-order valence-corrected chi connectivity index (χ1v) is 10.7. The average molecular weight is 468 g/mol. The van der Waals surface area contributed by atoms with Crippen LogP contribution in [-0.4, -0.2) is 66.0 Å². The van der Waals surface area contributed by atoms with Crippen molar-refractivity contribution in [3.63, 3.8) is 0 Å². The van der Waals surface area contributed by atoms with Crippen molar-refractivity contribution in [3.8, 4) is 0 Å². The van der Waals surface area contributed by atoms with E-state index in [1.54, 1.807) is 25.7 Å². The van der Waals surface area contributed by atoms with Crippen molar-refractivity contribution >= 4 is 33.8 Å². The van der Waals surface area contributed by atoms with Gasteiger partial charge in [-0.2, -0.15) is 0 Å². The molecule has 0 saturated carbocycles. The third kappa shape index (κ3) is 8.04. The number of rotatable bonds is 5. The smallest absolute Gasteiger partial charge is 0.408 e. The number of nitrogens with zero attached hydrogens (tertiary/aromatic N) is 2. The summed E-state index contributed by atoms with van der Waals surface area (Å²) < 4.78 is 6.16. The molecule has 1 aromatic carbocycles. The highest BCUT2D eigenvalue weighted by atomic mass is 79.9. The highest BCUT2D eigenvalue weighted by molar-refractivity contribution is 9.10. The molecule has 1 N–H and O–H groups in total. The highest BCUT2D eigenvalue weighted by Crippen LogP contribution is 2.18. The number of carbonyl (C=O) groups excluding carboxylic acids is 3. The maximum Gasteiger partial charge on any atom is 0.408 e. The Kier molecular flexibility index (Phi) is 8.49. The van der Waals surface area contributed by atoms with Crippen molar-refractivity contribution in [1.82, 2.24) is 15.1 Å². The zero-order valence-electron chi connectivity index (χ0n) is 17.4. The van der Waals surface area contributed by atoms with E-state index in [0.717, 1.165) is 16.5 Å². The van der Waals surface area contributed by atoms with Gasteiger partial charge in [0.2, 0.25) is 11.8 Å². The molecular weight excluding hydrogens is 438 g/mol. The van der Waals surface area contributed by atoms with E-state index < -0.39 is 11.7 Å². The third-order valence-electron chi connectivity index (χ3n) is 4.55. The molecular formula is C21H30BrN3O4. The summed E-state index contributed by atoms with van der Waals surface area (Å²) in [5.41, 5.74) is 0.507. The Labute approximate surface area is 180 Å². The standard InChI is InChI=1S/C21H30BrN3O4/c1-21(2,3)29-20(28)23-15-19(27)25-12-6-11-24(13-14-25)18(26)10-9-16-7-4-5-8-17(16)22/h4-5,7-8H,6,9-15H2,1-3H3,(H,23,28). The number of aryl methyl sites for hydroxylation is 1. The molecule has 1 heterocycles. The zero-order chi connectivity index (χ0) is 21.4. The molecule has 1 saturated heterocycles. The van der Waals surface area contributed by atoms with Crippen LogP contribution in [0.4, 0.5) is 4.79 Å². The molecule has 0 spiro atoms. The van der Waals surface area contributed by atoms with E-state index in [4.69, 9.17) is 4.74 Å². The van der Waals surface area contributed by atoms with Crippen LogP contribution in [0.15, 0.2) is 28.7 Å². The Hall–Kier alpha value is -2.09. The lowest BCUT2D eigenvalue weighted by Gasteiger charge is -2.23. The van der Waals surface area contributed by atoms with Gasteiger partial charge in [-0.3, -0.25) is 9.59 Å². The summed E-state index contributed by atoms with van der Waals surface area (Å²) in [7, 11) is 0. The van der Waals surface area contributed by atoms with E-state index in [1.807, 2.05) is 29.2 Å². The van der Waals surface area contributed by atoms with Gasteiger partial charge in [0.25, 0.3) is 0 Å². The van der Waals surface area contributed by atoms with E-state index in [1.165, 1.54) is 0 Å². The first-order valence-electron chi connectivity index (χ1n) is 9.91. The number of amides is 3. The predicted molar refractivity (Wildman–Crippen MR) is 114 cm³/mol. The molecule has 2 rings (SSSR count). The van der Waals surface area contributed by atoms with Crippen LogP contribution in [0.3, 0.4) is 0 Å². The lowest BCUT2D eigenvalue weighted by molar-refractivity contribution is -0.133. The number of carbonyl (C=O) groups is 3. The van der Waals surface area contributed by atoms with Crippen molar-refractivity contribution in [1.29, 1.82) is 0 Å². The molecule has 1 aromatic rings. The minimum atomic E-state index is -0.607. The van der Waals surface area contributed by atoms with E-state index >= 15 is 0 Å². The van der Waals surface area contributed by atoms with E-state index in [2.05, 4.69) is 21.2 Å². The van der Waals surface area contributed by atoms with Crippen molar-refractivity contribution in [3.05, 3.63) is 34.3 Å². The summed E-state index contributed by atoms with van der Waals surface area (Å²) >= 11 is 3.51. The molecule has 0 aromatic heterocycles. The molecule has 7 nitrogen and oxygen atoms in total. The Morgan fingerprint density at radius 1 is 1.03 bits per heavy atom. The molecule has 3 amide bonds. The van der Waals surface area contributed by atoms with Gasteiger partial charge < -0.3 is 19.9 Å². The van der Waals surface area contributed by atoms with Crippen molar-refractivity contribution in [2.24, 2.45) is 0 Å². The summed E-state index contributed by atoms with van der Waals surface area (Å²) in [6, 6.07) is 7.90. The molecule has 1 fully saturated rings. The molecule has 1 aliphatic heterocycles. The van der Waals surface area contributed by atoms with Crippen molar-refractivity contribution in [2.75, 3.05) is 32.7 Å². The summed E-state index contributed by atoms with van der Waals surface area (Å²) in [6.07, 6.45) is 1.24. The quantitative estimate of drug-likeness (QED) is 0.721. The fraction of sp³-hybridized carbons (Fsp3) is 0.571. The van der Waals surface area contributed by atoms with E-state index in [-0.39, 0.29) is 18.4 Å². The summed E-state index contributed by atoms with van der Waals surface area (Å²) in [6.45, 7) is 7.39. The minimum Gasteiger partial charge on any atom is -0.444 e. The molecule has 0 aliphatic carbocycles. The van der Waals surface area contributed by atoms with Crippen LogP contribution in [0, 0.1) is 0 Å². The SMILES string of the molecule is CC(C)(C)OC(=O)NCC(=O)N1CCCN(C(=O)CCc2ccccc2Br)CC1. The average Bonchev–Trinajstić information content (AvgIpc) is 2.90. The number of benzene rings is 1. The normalized spacial score (nSPS) is 14.9. The minimum absolute atomic E-state index is 0.0990. The van der Waals surface area contributed by atoms with Gasteiger partial charge in [0.05, 0.1) is 0 Å². The Morgan fingerprint density at radius 3 is 2.28 bits per heavy atom. The lowest BCUT2D eigenvalue weighted by Crippen LogP contribution is -2.43. The van der Waals surface area contributed by atoms with Crippen LogP contribution in [0.25, 0.3) is 0 Å². The largest absolute Gasteiger partial charge is 0.444 e. The monoisotopic (exact) mass is 467 g/mol. The first-order chi connectivity index (χ1) is 13.7. The maximum atomic E-state index is 12.6. The van der Waals surface area contributed by atoms with Gasteiger partial charge in [-0.05, 0) is 45.2 Å². The molecule has 0 unspecified atom stereocenters. The van der Waals surface area contributed by atoms with E-state index in [0.29, 0.717) is 39.0 Å². The summed E-state index contributed by atoms with van der Waals surface area (Å²) in [4.78, 5) is 40.2. The molecule has 29 heavy (non-hydrogen) atoms. The molecule has 160 valence electrons. The summed E-state index contributed by atoms with van der Waals surface area (Å²) in [5.74, 6) is -0.0692. The first kappa shape index (κ1) is 23.2. The maximum absolute atomic E-state index is 12.6. The van der Waals surface area contributed by atoms with Crippen LogP contribution in [0.2, 0.25) is 0 Å². The van der Waals surface area contributed by atoms with Gasteiger partial charge in [-0.1, -0.05) is 34.1 Å². The van der Waals surface area contributed by atoms with Gasteiger partial charge in [0, 0.05) is 37.1 Å². The molecule has 0 atom stereocenters. The Balaban J connectivity index is 1.77. The van der Waals surface area contributed by atoms with Gasteiger partial charge in [-0.15, -0.1) is 0 Å². The van der Waals surface area contributed by atoms with Crippen LogP contribution in [-0.2, 0) is 20.7 Å². The van der Waals surface area contributed by atoms with Crippen LogP contribution in [0.5, 0.6) is 0 Å². The molecule has 0 radical (unpaired) electrons. The van der Waals surface area contributed by atoms with Crippen LogP contribution in [0.1, 0.15) is 39.2 Å². The molecule has 8 heteroatoms. The van der Waals surface area contributed by atoms with Gasteiger partial charge >= 0.3 is 6.09 Å². The molecule has 1 aliphatic rings. The predicted octanol–water partition coefficient (Wildman–Crippen LogP) is 2.97. The summed E-state index contributed by atoms with van der Waals surface area (Å²) in [5, 5.41) is 2.50. The van der Waals surface area contributed by atoms with E-state index in [9.17, 15) is 14.4 Å². The number of hydrogen-bond acceptors (Lipinski definition) is 4. The Bertz CT molecular complexity index is 733. The number of alkyl carbamates (subject to hydrolysis) is 1. The Morgan fingerprint density at radius 2 is 1.66 bits per heavy atom. The lowest BCUT2D eigenvalue weighted by atomic mass is 10.1. The topological polar surface area (TPSA) is 79.0 Å². The second-order valence-electron chi connectivity index (χ2n) is 8.06. The fourth-order valence-electron chi connectivity index (χ4n) is 3.09. The molecule has 0 bridgehead atoms. The van der Waals surface area contributed by atoms with Gasteiger partial charge in [0.1, 0.15) is 12.1 Å². The highest BCUT2D eigenvalue weighted by Gasteiger charge is 2.23. The van der Waals surface area contributed by atoms with Crippen LogP contribution >= 0.6 is 15.9 Å². The van der Waals surface area contributed by atoms with Crippen molar-refractivity contribution < 1.29 is 19.1 Å². The number of nitrogens with one attached hydrogen (secondary N) is 1. The van der Waals surface area contributed by atoms with Gasteiger partial charge in [-0.25, -0.2) is 4.79 Å². The van der Waals surface area contributed by atoms with Crippen molar-refractivity contribution in [2.45, 2.75) is 45.6 Å². The van der Waals surface area contributed by atoms with Gasteiger partial charge in [0.15, 0.2) is 0 Å². The fourth-order valence-corrected chi connectivity index (χ4v) is 3.57. The second kappa shape index (κ2) is 10.6. The third-order valence-corrected chi connectivity index (χ3v) is 5.32. The number of halogens is 1. The zero-order valence-corrected chi connectivity index (χ0v) is 19.0. The number of hydrogen-bond donors (Lipinski definition) is 1. The second-order valence-corrected chi connectivity index (χ2v) is 8.92. The van der Waals surface area contributed by atoms with Crippen LogP contribution < -0.4 is 5.32 Å².